The van der Waals surface area contributed by atoms with Crippen molar-refractivity contribution in [3.8, 4) is 0 Å². The summed E-state index contributed by atoms with van der Waals surface area (Å²) < 4.78 is 26.7. The Hall–Kier alpha value is -0.430. The quantitative estimate of drug-likeness (QED) is 0.750. The molecule has 0 spiro atoms. The average Bonchev–Trinajstić information content (AvgIpc) is 3.05. The van der Waals surface area contributed by atoms with E-state index in [1.165, 1.54) is 15.6 Å². The summed E-state index contributed by atoms with van der Waals surface area (Å²) in [6.45, 7) is 4.48. The number of rotatable bonds is 8. The molecular formula is C13H22N2O2S2. The summed E-state index contributed by atoms with van der Waals surface area (Å²) in [4.78, 5) is 1.08. The van der Waals surface area contributed by atoms with Crippen molar-refractivity contribution in [3.63, 3.8) is 0 Å². The van der Waals surface area contributed by atoms with Crippen LogP contribution in [-0.2, 0) is 16.6 Å². The van der Waals surface area contributed by atoms with Gasteiger partial charge >= 0.3 is 0 Å². The molecule has 0 amide bonds. The number of hydrogen-bond acceptors (Lipinski definition) is 4. The molecule has 1 aromatic rings. The maximum absolute atomic E-state index is 12.4. The highest BCUT2D eigenvalue weighted by atomic mass is 32.2. The SMILES string of the molecule is CCCNCc1ccc(S(=O)(=O)N(C)CC2CC2)s1. The second-order valence-corrected chi connectivity index (χ2v) is 8.57. The molecule has 1 saturated carbocycles. The lowest BCUT2D eigenvalue weighted by Gasteiger charge is -2.15. The predicted octanol–water partition coefficient (Wildman–Crippen LogP) is 2.28. The summed E-state index contributed by atoms with van der Waals surface area (Å²) in [5.74, 6) is 0.574. The van der Waals surface area contributed by atoms with Gasteiger partial charge in [0.1, 0.15) is 4.21 Å². The van der Waals surface area contributed by atoms with E-state index in [-0.39, 0.29) is 0 Å². The van der Waals surface area contributed by atoms with E-state index in [2.05, 4.69) is 12.2 Å². The average molecular weight is 302 g/mol. The van der Waals surface area contributed by atoms with Crippen molar-refractivity contribution < 1.29 is 8.42 Å². The molecule has 6 heteroatoms. The molecule has 1 heterocycles. The second kappa shape index (κ2) is 6.35. The molecule has 0 unspecified atom stereocenters. The van der Waals surface area contributed by atoms with Crippen molar-refractivity contribution in [3.05, 3.63) is 17.0 Å². The van der Waals surface area contributed by atoms with Crippen LogP contribution in [0.3, 0.4) is 0 Å². The molecule has 4 nitrogen and oxygen atoms in total. The molecule has 0 bridgehead atoms. The zero-order chi connectivity index (χ0) is 13.9. The van der Waals surface area contributed by atoms with Crippen molar-refractivity contribution in [2.45, 2.75) is 36.9 Å². The van der Waals surface area contributed by atoms with Crippen molar-refractivity contribution >= 4 is 21.4 Å². The van der Waals surface area contributed by atoms with Gasteiger partial charge in [0.05, 0.1) is 0 Å². The van der Waals surface area contributed by atoms with Gasteiger partial charge < -0.3 is 5.32 Å². The monoisotopic (exact) mass is 302 g/mol. The lowest BCUT2D eigenvalue weighted by Crippen LogP contribution is -2.28. The first-order valence-corrected chi connectivity index (χ1v) is 9.05. The normalized spacial score (nSPS) is 16.2. The molecule has 0 aliphatic heterocycles. The standard InChI is InChI=1S/C13H22N2O2S2/c1-3-8-14-9-12-6-7-13(18-12)19(16,17)15(2)10-11-4-5-11/h6-7,11,14H,3-5,8-10H2,1-2H3. The Morgan fingerprint density at radius 1 is 1.42 bits per heavy atom. The predicted molar refractivity (Wildman–Crippen MR) is 78.9 cm³/mol. The minimum atomic E-state index is -3.28. The van der Waals surface area contributed by atoms with Crippen LogP contribution in [0.25, 0.3) is 0 Å². The molecule has 1 N–H and O–H groups in total. The van der Waals surface area contributed by atoms with E-state index in [1.807, 2.05) is 6.07 Å². The van der Waals surface area contributed by atoms with Crippen molar-refractivity contribution in [1.29, 1.82) is 0 Å². The van der Waals surface area contributed by atoms with E-state index in [9.17, 15) is 8.42 Å². The summed E-state index contributed by atoms with van der Waals surface area (Å²) in [5, 5.41) is 3.29. The van der Waals surface area contributed by atoms with E-state index in [0.717, 1.165) is 37.2 Å². The van der Waals surface area contributed by atoms with Crippen molar-refractivity contribution in [1.82, 2.24) is 9.62 Å². The van der Waals surface area contributed by atoms with Crippen LogP contribution < -0.4 is 5.32 Å². The Balaban J connectivity index is 1.99. The number of nitrogens with one attached hydrogen (secondary N) is 1. The molecule has 108 valence electrons. The molecule has 0 aromatic carbocycles. The Labute approximate surface area is 119 Å². The summed E-state index contributed by atoms with van der Waals surface area (Å²) in [7, 11) is -1.60. The van der Waals surface area contributed by atoms with Crippen LogP contribution in [0.1, 0.15) is 31.1 Å². The number of sulfonamides is 1. The smallest absolute Gasteiger partial charge is 0.252 e. The van der Waals surface area contributed by atoms with Gasteiger partial charge in [0, 0.05) is 25.0 Å². The molecule has 1 fully saturated rings. The minimum Gasteiger partial charge on any atom is -0.312 e. The summed E-state index contributed by atoms with van der Waals surface area (Å²) >= 11 is 1.37. The Bertz CT molecular complexity index is 506. The maximum atomic E-state index is 12.4. The van der Waals surface area contributed by atoms with Crippen LogP contribution in [0.15, 0.2) is 16.3 Å². The van der Waals surface area contributed by atoms with E-state index < -0.39 is 10.0 Å². The lowest BCUT2D eigenvalue weighted by atomic mass is 10.4. The van der Waals surface area contributed by atoms with Gasteiger partial charge in [-0.3, -0.25) is 0 Å². The van der Waals surface area contributed by atoms with Gasteiger partial charge in [0.15, 0.2) is 0 Å². The van der Waals surface area contributed by atoms with E-state index >= 15 is 0 Å². The Morgan fingerprint density at radius 3 is 2.79 bits per heavy atom. The first-order chi connectivity index (χ1) is 9.04. The molecule has 0 atom stereocenters. The van der Waals surface area contributed by atoms with Gasteiger partial charge in [0.25, 0.3) is 10.0 Å². The van der Waals surface area contributed by atoms with Crippen LogP contribution in [0.4, 0.5) is 0 Å². The third kappa shape index (κ3) is 4.02. The second-order valence-electron chi connectivity index (χ2n) is 5.13. The largest absolute Gasteiger partial charge is 0.312 e. The highest BCUT2D eigenvalue weighted by molar-refractivity contribution is 7.91. The van der Waals surface area contributed by atoms with E-state index in [1.54, 1.807) is 13.1 Å². The Morgan fingerprint density at radius 2 is 2.16 bits per heavy atom. The summed E-state index contributed by atoms with van der Waals surface area (Å²) in [5.41, 5.74) is 0. The molecule has 0 radical (unpaired) electrons. The Kier molecular flexibility index (Phi) is 5.00. The topological polar surface area (TPSA) is 49.4 Å². The van der Waals surface area contributed by atoms with Gasteiger partial charge in [-0.25, -0.2) is 8.42 Å². The number of nitrogens with zero attached hydrogens (tertiary/aromatic N) is 1. The maximum Gasteiger partial charge on any atom is 0.252 e. The minimum absolute atomic E-state index is 0.462. The van der Waals surface area contributed by atoms with Crippen molar-refractivity contribution in [2.24, 2.45) is 5.92 Å². The van der Waals surface area contributed by atoms with Gasteiger partial charge in [0.2, 0.25) is 0 Å². The fraction of sp³-hybridized carbons (Fsp3) is 0.692. The zero-order valence-corrected chi connectivity index (χ0v) is 13.2. The highest BCUT2D eigenvalue weighted by Crippen LogP contribution is 2.32. The fourth-order valence-corrected chi connectivity index (χ4v) is 4.68. The molecule has 2 rings (SSSR count). The first kappa shape index (κ1) is 15.0. The molecular weight excluding hydrogens is 280 g/mol. The molecule has 1 aromatic heterocycles. The van der Waals surface area contributed by atoms with Gasteiger partial charge in [-0.2, -0.15) is 4.31 Å². The molecule has 1 aliphatic rings. The summed E-state index contributed by atoms with van der Waals surface area (Å²) in [6.07, 6.45) is 3.41. The lowest BCUT2D eigenvalue weighted by molar-refractivity contribution is 0.454. The molecule has 0 saturated heterocycles. The van der Waals surface area contributed by atoms with Gasteiger partial charge in [-0.15, -0.1) is 11.3 Å². The fourth-order valence-electron chi connectivity index (χ4n) is 1.90. The van der Waals surface area contributed by atoms with Crippen LogP contribution in [0, 0.1) is 5.92 Å². The van der Waals surface area contributed by atoms with Crippen LogP contribution >= 0.6 is 11.3 Å². The zero-order valence-electron chi connectivity index (χ0n) is 11.6. The number of hydrogen-bond donors (Lipinski definition) is 1. The molecule has 1 aliphatic carbocycles. The third-order valence-electron chi connectivity index (χ3n) is 3.24. The van der Waals surface area contributed by atoms with Gasteiger partial charge in [-0.1, -0.05) is 6.92 Å². The van der Waals surface area contributed by atoms with Crippen molar-refractivity contribution in [2.75, 3.05) is 20.1 Å². The van der Waals surface area contributed by atoms with Crippen LogP contribution in [0.5, 0.6) is 0 Å². The third-order valence-corrected chi connectivity index (χ3v) is 6.62. The first-order valence-electron chi connectivity index (χ1n) is 6.79. The highest BCUT2D eigenvalue weighted by Gasteiger charge is 2.29. The summed E-state index contributed by atoms with van der Waals surface area (Å²) in [6, 6.07) is 3.64. The van der Waals surface area contributed by atoms with Gasteiger partial charge in [-0.05, 0) is 43.9 Å². The number of thiophene rings is 1. The van der Waals surface area contributed by atoms with E-state index in [0.29, 0.717) is 16.7 Å². The van der Waals surface area contributed by atoms with Crippen LogP contribution in [-0.4, -0.2) is 32.9 Å². The van der Waals surface area contributed by atoms with E-state index in [4.69, 9.17) is 0 Å². The van der Waals surface area contributed by atoms with Crippen LogP contribution in [0.2, 0.25) is 0 Å². The molecule has 19 heavy (non-hydrogen) atoms.